The molecule has 6 nitrogen and oxygen atoms in total. The Labute approximate surface area is 94.1 Å². The van der Waals surface area contributed by atoms with E-state index in [0.29, 0.717) is 18.7 Å². The highest BCUT2D eigenvalue weighted by Gasteiger charge is 2.34. The van der Waals surface area contributed by atoms with Crippen LogP contribution in [0.5, 0.6) is 0 Å². The molecule has 0 spiro atoms. The van der Waals surface area contributed by atoms with Crippen LogP contribution >= 0.6 is 0 Å². The van der Waals surface area contributed by atoms with Crippen molar-refractivity contribution in [3.8, 4) is 6.07 Å². The van der Waals surface area contributed by atoms with E-state index in [2.05, 4.69) is 26.6 Å². The number of amides is 1. The molecule has 1 heterocycles. The first-order chi connectivity index (χ1) is 7.68. The van der Waals surface area contributed by atoms with E-state index >= 15 is 0 Å². The van der Waals surface area contributed by atoms with Gasteiger partial charge in [0.05, 0.1) is 12.6 Å². The number of aromatic nitrogens is 3. The van der Waals surface area contributed by atoms with Gasteiger partial charge in [-0.15, -0.1) is 0 Å². The summed E-state index contributed by atoms with van der Waals surface area (Å²) in [5.41, 5.74) is -0.931. The molecule has 6 heteroatoms. The topological polar surface area (TPSA) is 94.5 Å². The van der Waals surface area contributed by atoms with Gasteiger partial charge in [-0.05, 0) is 12.8 Å². The molecule has 0 bridgehead atoms. The second-order valence-electron chi connectivity index (χ2n) is 3.52. The Bertz CT molecular complexity index is 374. The average Bonchev–Trinajstić information content (AvgIpc) is 2.82. The number of rotatable bonds is 5. The fourth-order valence-electron chi connectivity index (χ4n) is 1.43. The molecule has 16 heavy (non-hydrogen) atoms. The van der Waals surface area contributed by atoms with Gasteiger partial charge in [-0.1, -0.05) is 13.8 Å². The lowest BCUT2D eigenvalue weighted by Crippen LogP contribution is -2.39. The van der Waals surface area contributed by atoms with E-state index < -0.39 is 5.41 Å². The standard InChI is InChI=1S/C10H15N5O/c1-3-10(4-2,6-11)9(16)12-5-8-13-7-14-15-8/h7H,3-5H2,1-2H3,(H,12,16)(H,13,14,15). The summed E-state index contributed by atoms with van der Waals surface area (Å²) in [6.07, 6.45) is 2.38. The molecule has 0 radical (unpaired) electrons. The van der Waals surface area contributed by atoms with Crippen molar-refractivity contribution in [2.24, 2.45) is 5.41 Å². The second-order valence-corrected chi connectivity index (χ2v) is 3.52. The lowest BCUT2D eigenvalue weighted by Gasteiger charge is -2.21. The molecule has 0 aliphatic rings. The summed E-state index contributed by atoms with van der Waals surface area (Å²) >= 11 is 0. The summed E-state index contributed by atoms with van der Waals surface area (Å²) in [6.45, 7) is 3.93. The van der Waals surface area contributed by atoms with Gasteiger partial charge in [0.15, 0.2) is 0 Å². The number of H-pyrrole nitrogens is 1. The summed E-state index contributed by atoms with van der Waals surface area (Å²) in [5.74, 6) is 0.323. The molecule has 86 valence electrons. The molecule has 2 N–H and O–H groups in total. The van der Waals surface area contributed by atoms with Crippen molar-refractivity contribution < 1.29 is 4.79 Å². The van der Waals surface area contributed by atoms with E-state index in [-0.39, 0.29) is 12.5 Å². The lowest BCUT2D eigenvalue weighted by molar-refractivity contribution is -0.128. The molecule has 0 saturated heterocycles. The normalized spacial score (nSPS) is 10.8. The SMILES string of the molecule is CCC(C#N)(CC)C(=O)NCc1ncn[nH]1. The minimum Gasteiger partial charge on any atom is -0.347 e. The summed E-state index contributed by atoms with van der Waals surface area (Å²) in [6, 6.07) is 2.09. The molecule has 0 saturated carbocycles. The summed E-state index contributed by atoms with van der Waals surface area (Å²) < 4.78 is 0. The van der Waals surface area contributed by atoms with Crippen LogP contribution < -0.4 is 5.32 Å². The molecular formula is C10H15N5O. The van der Waals surface area contributed by atoms with Crippen LogP contribution in [0.2, 0.25) is 0 Å². The molecule has 1 amide bonds. The lowest BCUT2D eigenvalue weighted by atomic mass is 9.83. The van der Waals surface area contributed by atoms with Crippen LogP contribution in [0.3, 0.4) is 0 Å². The molecule has 1 aromatic rings. The third-order valence-electron chi connectivity index (χ3n) is 2.74. The number of hydrogen-bond donors (Lipinski definition) is 2. The largest absolute Gasteiger partial charge is 0.347 e. The van der Waals surface area contributed by atoms with E-state index in [1.54, 1.807) is 0 Å². The van der Waals surface area contributed by atoms with E-state index in [9.17, 15) is 4.79 Å². The highest BCUT2D eigenvalue weighted by atomic mass is 16.2. The van der Waals surface area contributed by atoms with Gasteiger partial charge in [0.1, 0.15) is 17.6 Å². The fourth-order valence-corrected chi connectivity index (χ4v) is 1.43. The first kappa shape index (κ1) is 12.2. The number of hydrogen-bond acceptors (Lipinski definition) is 4. The Morgan fingerprint density at radius 2 is 2.31 bits per heavy atom. The monoisotopic (exact) mass is 221 g/mol. The summed E-state index contributed by atoms with van der Waals surface area (Å²) in [5, 5.41) is 18.1. The summed E-state index contributed by atoms with van der Waals surface area (Å²) in [4.78, 5) is 15.7. The minimum absolute atomic E-state index is 0.253. The van der Waals surface area contributed by atoms with E-state index in [1.807, 2.05) is 13.8 Å². The average molecular weight is 221 g/mol. The molecule has 0 fully saturated rings. The van der Waals surface area contributed by atoms with Crippen LogP contribution in [0.15, 0.2) is 6.33 Å². The van der Waals surface area contributed by atoms with Crippen LogP contribution in [-0.4, -0.2) is 21.1 Å². The van der Waals surface area contributed by atoms with Gasteiger partial charge in [0, 0.05) is 0 Å². The Morgan fingerprint density at radius 1 is 1.62 bits per heavy atom. The number of nitrogens with one attached hydrogen (secondary N) is 2. The number of nitrogens with zero attached hydrogens (tertiary/aromatic N) is 3. The first-order valence-electron chi connectivity index (χ1n) is 5.22. The van der Waals surface area contributed by atoms with E-state index in [4.69, 9.17) is 5.26 Å². The zero-order valence-electron chi connectivity index (χ0n) is 9.45. The minimum atomic E-state index is -0.931. The highest BCUT2D eigenvalue weighted by molar-refractivity contribution is 5.85. The molecule has 0 aromatic carbocycles. The second kappa shape index (κ2) is 5.26. The number of nitriles is 1. The first-order valence-corrected chi connectivity index (χ1v) is 5.22. The maximum atomic E-state index is 11.9. The van der Waals surface area contributed by atoms with Crippen molar-refractivity contribution in [3.05, 3.63) is 12.2 Å². The van der Waals surface area contributed by atoms with Crippen molar-refractivity contribution in [3.63, 3.8) is 0 Å². The van der Waals surface area contributed by atoms with Crippen molar-refractivity contribution in [1.82, 2.24) is 20.5 Å². The predicted molar refractivity (Wildman–Crippen MR) is 56.9 cm³/mol. The Balaban J connectivity index is 2.61. The predicted octanol–water partition coefficient (Wildman–Crippen LogP) is 0.751. The van der Waals surface area contributed by atoms with Crippen LogP contribution in [-0.2, 0) is 11.3 Å². The molecule has 0 aliphatic carbocycles. The van der Waals surface area contributed by atoms with Gasteiger partial charge >= 0.3 is 0 Å². The molecule has 0 aliphatic heterocycles. The van der Waals surface area contributed by atoms with E-state index in [1.165, 1.54) is 6.33 Å². The smallest absolute Gasteiger partial charge is 0.240 e. The molecule has 1 rings (SSSR count). The zero-order valence-corrected chi connectivity index (χ0v) is 9.45. The Hall–Kier alpha value is -1.90. The van der Waals surface area contributed by atoms with E-state index in [0.717, 1.165) is 0 Å². The van der Waals surface area contributed by atoms with Gasteiger partial charge in [0.2, 0.25) is 5.91 Å². The zero-order chi connectivity index (χ0) is 12.0. The van der Waals surface area contributed by atoms with Gasteiger partial charge in [-0.3, -0.25) is 9.89 Å². The third-order valence-corrected chi connectivity index (χ3v) is 2.74. The van der Waals surface area contributed by atoms with Crippen LogP contribution in [0.25, 0.3) is 0 Å². The van der Waals surface area contributed by atoms with Gasteiger partial charge in [0.25, 0.3) is 0 Å². The number of carbonyl (C=O) groups excluding carboxylic acids is 1. The fraction of sp³-hybridized carbons (Fsp3) is 0.600. The molecule has 0 atom stereocenters. The van der Waals surface area contributed by atoms with Crippen LogP contribution in [0.1, 0.15) is 32.5 Å². The number of aromatic amines is 1. The van der Waals surface area contributed by atoms with Crippen LogP contribution in [0, 0.1) is 16.7 Å². The molecule has 1 aromatic heterocycles. The Morgan fingerprint density at radius 3 is 2.75 bits per heavy atom. The van der Waals surface area contributed by atoms with Gasteiger partial charge < -0.3 is 5.32 Å². The van der Waals surface area contributed by atoms with Crippen LogP contribution in [0.4, 0.5) is 0 Å². The van der Waals surface area contributed by atoms with Gasteiger partial charge in [-0.25, -0.2) is 4.98 Å². The van der Waals surface area contributed by atoms with Crippen molar-refractivity contribution >= 4 is 5.91 Å². The molecular weight excluding hydrogens is 206 g/mol. The third kappa shape index (κ3) is 2.37. The maximum absolute atomic E-state index is 11.9. The highest BCUT2D eigenvalue weighted by Crippen LogP contribution is 2.25. The van der Waals surface area contributed by atoms with Crippen molar-refractivity contribution in [2.75, 3.05) is 0 Å². The summed E-state index contributed by atoms with van der Waals surface area (Å²) in [7, 11) is 0. The van der Waals surface area contributed by atoms with Crippen molar-refractivity contribution in [1.29, 1.82) is 5.26 Å². The Kier molecular flexibility index (Phi) is 4.00. The van der Waals surface area contributed by atoms with Gasteiger partial charge in [-0.2, -0.15) is 10.4 Å². The number of carbonyl (C=O) groups is 1. The molecule has 0 unspecified atom stereocenters. The maximum Gasteiger partial charge on any atom is 0.240 e. The quantitative estimate of drug-likeness (QED) is 0.767. The van der Waals surface area contributed by atoms with Crippen molar-refractivity contribution in [2.45, 2.75) is 33.2 Å².